The number of hydrogen-bond acceptors (Lipinski definition) is 3. The van der Waals surface area contributed by atoms with Gasteiger partial charge in [0.05, 0.1) is 0 Å². The zero-order chi connectivity index (χ0) is 15.1. The molecule has 0 saturated heterocycles. The maximum absolute atomic E-state index is 5.86. The Kier molecular flexibility index (Phi) is 6.21. The van der Waals surface area contributed by atoms with E-state index in [1.54, 1.807) is 6.20 Å². The van der Waals surface area contributed by atoms with Gasteiger partial charge in [0.1, 0.15) is 6.61 Å². The van der Waals surface area contributed by atoms with Gasteiger partial charge >= 0.3 is 0 Å². The molecule has 112 valence electrons. The molecule has 0 aliphatic rings. The number of hydrogen-bond donors (Lipinski definition) is 1. The Morgan fingerprint density at radius 3 is 2.86 bits per heavy atom. The van der Waals surface area contributed by atoms with Crippen molar-refractivity contribution in [3.63, 3.8) is 0 Å². The predicted octanol–water partition coefficient (Wildman–Crippen LogP) is 4.17. The van der Waals surface area contributed by atoms with Gasteiger partial charge in [-0.15, -0.1) is 0 Å². The van der Waals surface area contributed by atoms with E-state index in [4.69, 9.17) is 4.74 Å². The molecular weight excluding hydrogens is 328 g/mol. The molecule has 2 aromatic rings. The molecule has 0 spiro atoms. The predicted molar refractivity (Wildman–Crippen MR) is 89.3 cm³/mol. The summed E-state index contributed by atoms with van der Waals surface area (Å²) in [5.41, 5.74) is 2.21. The van der Waals surface area contributed by atoms with E-state index >= 15 is 0 Å². The Morgan fingerprint density at radius 2 is 2.10 bits per heavy atom. The van der Waals surface area contributed by atoms with Gasteiger partial charge < -0.3 is 10.1 Å². The van der Waals surface area contributed by atoms with Crippen LogP contribution in [0.5, 0.6) is 5.88 Å². The second kappa shape index (κ2) is 8.15. The third kappa shape index (κ3) is 5.48. The van der Waals surface area contributed by atoms with E-state index in [9.17, 15) is 0 Å². The number of rotatable bonds is 7. The second-order valence-corrected chi connectivity index (χ2v) is 6.33. The number of benzene rings is 1. The van der Waals surface area contributed by atoms with E-state index in [-0.39, 0.29) is 0 Å². The first-order chi connectivity index (χ1) is 10.1. The summed E-state index contributed by atoms with van der Waals surface area (Å²) in [6.07, 6.45) is 1.77. The zero-order valence-electron chi connectivity index (χ0n) is 12.5. The van der Waals surface area contributed by atoms with Crippen LogP contribution in [0.3, 0.4) is 0 Å². The van der Waals surface area contributed by atoms with E-state index in [0.717, 1.165) is 28.7 Å². The zero-order valence-corrected chi connectivity index (χ0v) is 14.1. The molecule has 0 saturated carbocycles. The number of aromatic nitrogens is 1. The fourth-order valence-electron chi connectivity index (χ4n) is 1.96. The van der Waals surface area contributed by atoms with Crippen molar-refractivity contribution in [3.8, 4) is 5.88 Å². The van der Waals surface area contributed by atoms with Gasteiger partial charge in [0.2, 0.25) is 5.88 Å². The topological polar surface area (TPSA) is 34.2 Å². The summed E-state index contributed by atoms with van der Waals surface area (Å²) in [5, 5.41) is 3.42. The van der Waals surface area contributed by atoms with Crippen LogP contribution in [0, 0.1) is 5.92 Å². The molecule has 0 bridgehead atoms. The van der Waals surface area contributed by atoms with E-state index < -0.39 is 0 Å². The summed E-state index contributed by atoms with van der Waals surface area (Å²) in [7, 11) is 0. The second-order valence-electron chi connectivity index (χ2n) is 5.41. The Labute approximate surface area is 134 Å². The van der Waals surface area contributed by atoms with Gasteiger partial charge in [-0.25, -0.2) is 4.98 Å². The maximum atomic E-state index is 5.86. The molecule has 0 fully saturated rings. The summed E-state index contributed by atoms with van der Waals surface area (Å²) in [6, 6.07) is 12.1. The third-order valence-corrected chi connectivity index (χ3v) is 3.48. The van der Waals surface area contributed by atoms with Crippen molar-refractivity contribution in [2.75, 3.05) is 6.54 Å². The first-order valence-corrected chi connectivity index (χ1v) is 7.96. The average molecular weight is 349 g/mol. The summed E-state index contributed by atoms with van der Waals surface area (Å²) in [4.78, 5) is 4.34. The van der Waals surface area contributed by atoms with Gasteiger partial charge in [-0.2, -0.15) is 0 Å². The highest BCUT2D eigenvalue weighted by Gasteiger charge is 2.05. The van der Waals surface area contributed by atoms with Crippen LogP contribution in [-0.2, 0) is 13.2 Å². The van der Waals surface area contributed by atoms with Crippen molar-refractivity contribution in [1.82, 2.24) is 10.3 Å². The molecule has 0 amide bonds. The Morgan fingerprint density at radius 1 is 1.24 bits per heavy atom. The normalized spacial score (nSPS) is 10.9. The van der Waals surface area contributed by atoms with E-state index in [0.29, 0.717) is 18.4 Å². The number of pyridine rings is 1. The monoisotopic (exact) mass is 348 g/mol. The lowest BCUT2D eigenvalue weighted by Gasteiger charge is -2.12. The van der Waals surface area contributed by atoms with Crippen molar-refractivity contribution >= 4 is 15.9 Å². The molecule has 0 radical (unpaired) electrons. The van der Waals surface area contributed by atoms with Crippen molar-refractivity contribution in [3.05, 3.63) is 58.2 Å². The van der Waals surface area contributed by atoms with Gasteiger partial charge in [-0.05, 0) is 36.2 Å². The molecule has 0 unspecified atom stereocenters. The van der Waals surface area contributed by atoms with E-state index in [1.165, 1.54) is 0 Å². The molecule has 1 N–H and O–H groups in total. The highest BCUT2D eigenvalue weighted by Crippen LogP contribution is 2.17. The van der Waals surface area contributed by atoms with Crippen LogP contribution in [0.25, 0.3) is 0 Å². The fourth-order valence-corrected chi connectivity index (χ4v) is 2.41. The van der Waals surface area contributed by atoms with Crippen molar-refractivity contribution in [2.45, 2.75) is 27.0 Å². The van der Waals surface area contributed by atoms with Crippen LogP contribution in [0.2, 0.25) is 0 Å². The lowest BCUT2D eigenvalue weighted by molar-refractivity contribution is 0.289. The minimum Gasteiger partial charge on any atom is -0.473 e. The number of ether oxygens (including phenoxy) is 1. The first kappa shape index (κ1) is 16.0. The molecule has 0 aliphatic heterocycles. The average Bonchev–Trinajstić information content (AvgIpc) is 2.46. The van der Waals surface area contributed by atoms with Gasteiger partial charge in [0.25, 0.3) is 0 Å². The molecule has 4 heteroatoms. The highest BCUT2D eigenvalue weighted by atomic mass is 79.9. The molecule has 0 aliphatic carbocycles. The minimum absolute atomic E-state index is 0.521. The van der Waals surface area contributed by atoms with Gasteiger partial charge in [0.15, 0.2) is 0 Å². The summed E-state index contributed by atoms with van der Waals surface area (Å²) in [5.74, 6) is 1.33. The molecule has 1 aromatic carbocycles. The largest absolute Gasteiger partial charge is 0.473 e. The maximum Gasteiger partial charge on any atom is 0.218 e. The van der Waals surface area contributed by atoms with Crippen LogP contribution >= 0.6 is 15.9 Å². The Balaban J connectivity index is 1.96. The third-order valence-electron chi connectivity index (χ3n) is 2.98. The SMILES string of the molecule is CC(C)CNCc1cccnc1OCc1cccc(Br)c1. The van der Waals surface area contributed by atoms with Crippen LogP contribution in [0.1, 0.15) is 25.0 Å². The molecule has 2 rings (SSSR count). The molecule has 3 nitrogen and oxygen atoms in total. The Bertz CT molecular complexity index is 572. The van der Waals surface area contributed by atoms with Crippen LogP contribution in [0.15, 0.2) is 47.1 Å². The summed E-state index contributed by atoms with van der Waals surface area (Å²) < 4.78 is 6.92. The van der Waals surface area contributed by atoms with Crippen LogP contribution in [-0.4, -0.2) is 11.5 Å². The van der Waals surface area contributed by atoms with Gasteiger partial charge in [-0.3, -0.25) is 0 Å². The Hall–Kier alpha value is -1.39. The molecular formula is C17H21BrN2O. The lowest BCUT2D eigenvalue weighted by atomic mass is 10.2. The molecule has 0 atom stereocenters. The van der Waals surface area contributed by atoms with Crippen molar-refractivity contribution in [1.29, 1.82) is 0 Å². The standard InChI is InChI=1S/C17H21BrN2O/c1-13(2)10-19-11-15-6-4-8-20-17(15)21-12-14-5-3-7-16(18)9-14/h3-9,13,19H,10-12H2,1-2H3. The van der Waals surface area contributed by atoms with Crippen molar-refractivity contribution in [2.24, 2.45) is 5.92 Å². The first-order valence-electron chi connectivity index (χ1n) is 7.17. The number of nitrogens with zero attached hydrogens (tertiary/aromatic N) is 1. The smallest absolute Gasteiger partial charge is 0.218 e. The lowest BCUT2D eigenvalue weighted by Crippen LogP contribution is -2.19. The number of halogens is 1. The highest BCUT2D eigenvalue weighted by molar-refractivity contribution is 9.10. The molecule has 1 aromatic heterocycles. The van der Waals surface area contributed by atoms with E-state index in [2.05, 4.69) is 52.2 Å². The quantitative estimate of drug-likeness (QED) is 0.815. The van der Waals surface area contributed by atoms with Crippen LogP contribution < -0.4 is 10.1 Å². The minimum atomic E-state index is 0.521. The van der Waals surface area contributed by atoms with Crippen LogP contribution in [0.4, 0.5) is 0 Å². The molecule has 1 heterocycles. The fraction of sp³-hybridized carbons (Fsp3) is 0.353. The van der Waals surface area contributed by atoms with E-state index in [1.807, 2.05) is 24.3 Å². The van der Waals surface area contributed by atoms with Gasteiger partial charge in [-0.1, -0.05) is 48.0 Å². The molecule has 21 heavy (non-hydrogen) atoms. The summed E-state index contributed by atoms with van der Waals surface area (Å²) in [6.45, 7) is 6.68. The summed E-state index contributed by atoms with van der Waals surface area (Å²) >= 11 is 3.47. The number of nitrogens with one attached hydrogen (secondary N) is 1. The van der Waals surface area contributed by atoms with Crippen molar-refractivity contribution < 1.29 is 4.74 Å². The van der Waals surface area contributed by atoms with Gasteiger partial charge in [0, 0.05) is 22.8 Å².